The number of hydrogen-bond donors (Lipinski definition) is 3. The number of thioether (sulfide) groups is 1. The third kappa shape index (κ3) is 1.65. The average molecular weight is 119 g/mol. The third-order valence-electron chi connectivity index (χ3n) is 0.676. The zero-order valence-electron chi connectivity index (χ0n) is 3.77. The minimum atomic E-state index is 0.318. The van der Waals surface area contributed by atoms with Crippen molar-refractivity contribution in [2.75, 3.05) is 12.5 Å². The van der Waals surface area contributed by atoms with E-state index < -0.39 is 0 Å². The highest BCUT2D eigenvalue weighted by Crippen LogP contribution is 2.11. The minimum Gasteiger partial charge on any atom is -0.362 e. The van der Waals surface area contributed by atoms with Gasteiger partial charge in [0, 0.05) is 12.5 Å². The molecule has 7 heavy (non-hydrogen) atoms. The molecule has 0 aromatic heterocycles. The maximum absolute atomic E-state index is 8.64. The van der Waals surface area contributed by atoms with E-state index in [0.29, 0.717) is 12.2 Å². The molecule has 0 bridgehead atoms. The molecule has 1 heterocycles. The zero-order valence-corrected chi connectivity index (χ0v) is 4.59. The Hall–Kier alpha value is 0.230. The highest BCUT2D eigenvalue weighted by atomic mass is 32.2. The molecule has 1 rings (SSSR count). The van der Waals surface area contributed by atoms with E-state index in [1.54, 1.807) is 0 Å². The van der Waals surface area contributed by atoms with Gasteiger partial charge in [-0.1, -0.05) is 11.8 Å². The lowest BCUT2D eigenvalue weighted by atomic mass is 11.0. The fourth-order valence-electron chi connectivity index (χ4n) is 0.360. The fraction of sp³-hybridized carbons (Fsp3) is 0.667. The summed E-state index contributed by atoms with van der Waals surface area (Å²) in [5.74, 6) is 0.804. The van der Waals surface area contributed by atoms with E-state index in [9.17, 15) is 0 Å². The Morgan fingerprint density at radius 2 is 2.57 bits per heavy atom. The molecule has 3 N–H and O–H groups in total. The molecule has 0 aromatic rings. The Labute approximate surface area is 46.5 Å². The summed E-state index contributed by atoms with van der Waals surface area (Å²) >= 11 is 1.37. The molecule has 1 aliphatic rings. The quantitative estimate of drug-likeness (QED) is 0.408. The van der Waals surface area contributed by atoms with Crippen LogP contribution in [0, 0.1) is 5.56 Å². The molecule has 41 valence electrons. The summed E-state index contributed by atoms with van der Waals surface area (Å²) < 4.78 is 0. The van der Waals surface area contributed by atoms with Crippen LogP contribution in [0.1, 0.15) is 0 Å². The van der Waals surface area contributed by atoms with Crippen molar-refractivity contribution in [3.63, 3.8) is 0 Å². The Balaban J connectivity index is 2.12. The molecule has 1 saturated heterocycles. The molecule has 0 aliphatic carbocycles. The first-order valence-corrected chi connectivity index (χ1v) is 3.01. The summed E-state index contributed by atoms with van der Waals surface area (Å²) in [6, 6.07) is 0. The molecule has 0 saturated carbocycles. The fourth-order valence-corrected chi connectivity index (χ4v) is 0.875. The van der Waals surface area contributed by atoms with E-state index in [1.807, 2.05) is 0 Å². The molecule has 4 heteroatoms. The van der Waals surface area contributed by atoms with Crippen LogP contribution in [0.2, 0.25) is 0 Å². The molecular formula is C3H7N2OS. The molecule has 1 radical (unpaired) electrons. The lowest BCUT2D eigenvalue weighted by molar-refractivity contribution is 0.315. The first-order valence-electron chi connectivity index (χ1n) is 2.03. The predicted molar refractivity (Wildman–Crippen MR) is 28.8 cm³/mol. The summed E-state index contributed by atoms with van der Waals surface area (Å²) in [5, 5.41) is 14.3. The molecule has 0 atom stereocenters. The van der Waals surface area contributed by atoms with Gasteiger partial charge in [-0.3, -0.25) is 10.6 Å². The number of aliphatic hydroxyl groups excluding tert-OH is 1. The van der Waals surface area contributed by atoms with Gasteiger partial charge in [0.1, 0.15) is 0 Å². The van der Waals surface area contributed by atoms with Crippen LogP contribution in [0.5, 0.6) is 0 Å². The van der Waals surface area contributed by atoms with Crippen molar-refractivity contribution in [3.05, 3.63) is 5.56 Å². The number of aliphatic hydroxyl groups is 1. The van der Waals surface area contributed by atoms with Crippen LogP contribution in [0.15, 0.2) is 0 Å². The smallest absolute Gasteiger partial charge is 0.220 e. The third-order valence-corrected chi connectivity index (χ3v) is 1.44. The van der Waals surface area contributed by atoms with Gasteiger partial charge in [-0.05, 0) is 0 Å². The first-order chi connectivity index (χ1) is 3.39. The molecule has 0 aromatic carbocycles. The maximum atomic E-state index is 8.64. The first kappa shape index (κ1) is 5.37. The van der Waals surface area contributed by atoms with Crippen molar-refractivity contribution >= 4 is 11.8 Å². The van der Waals surface area contributed by atoms with Crippen LogP contribution < -0.4 is 10.6 Å². The van der Waals surface area contributed by atoms with Gasteiger partial charge in [0.05, 0.1) is 0 Å². The van der Waals surface area contributed by atoms with Crippen LogP contribution in [0.3, 0.4) is 0 Å². The summed E-state index contributed by atoms with van der Waals surface area (Å²) in [6.07, 6.45) is 0. The number of nitrogens with one attached hydrogen (secondary N) is 2. The summed E-state index contributed by atoms with van der Waals surface area (Å²) in [7, 11) is 0. The van der Waals surface area contributed by atoms with Crippen molar-refractivity contribution in [2.45, 2.75) is 0 Å². The molecule has 3 nitrogen and oxygen atoms in total. The van der Waals surface area contributed by atoms with Crippen LogP contribution in [0.25, 0.3) is 0 Å². The second kappa shape index (κ2) is 2.52. The lowest BCUT2D eigenvalue weighted by Crippen LogP contribution is -2.36. The number of hydrogen-bond acceptors (Lipinski definition) is 4. The Morgan fingerprint density at radius 1 is 1.71 bits per heavy atom. The normalized spacial score (nSPS) is 25.3. The zero-order chi connectivity index (χ0) is 5.11. The standard InChI is InChI=1S/C3H7N2OS/c6-3-5-1-4-2-7-3/h4-6H,1-2H2. The van der Waals surface area contributed by atoms with Gasteiger partial charge >= 0.3 is 0 Å². The van der Waals surface area contributed by atoms with Crippen molar-refractivity contribution in [2.24, 2.45) is 0 Å². The summed E-state index contributed by atoms with van der Waals surface area (Å²) in [6.45, 7) is 0.679. The number of rotatable bonds is 0. The second-order valence-electron chi connectivity index (χ2n) is 1.20. The highest BCUT2D eigenvalue weighted by molar-refractivity contribution is 8.01. The summed E-state index contributed by atoms with van der Waals surface area (Å²) in [5.41, 5.74) is 0.318. The largest absolute Gasteiger partial charge is 0.362 e. The Kier molecular flexibility index (Phi) is 1.93. The Bertz CT molecular complexity index is 54.9. The van der Waals surface area contributed by atoms with Crippen LogP contribution in [-0.4, -0.2) is 17.7 Å². The van der Waals surface area contributed by atoms with E-state index >= 15 is 0 Å². The van der Waals surface area contributed by atoms with Gasteiger partial charge in [0.15, 0.2) is 0 Å². The molecule has 1 aliphatic heterocycles. The minimum absolute atomic E-state index is 0.318. The van der Waals surface area contributed by atoms with E-state index in [0.717, 1.165) is 5.88 Å². The van der Waals surface area contributed by atoms with Crippen LogP contribution in [0.4, 0.5) is 0 Å². The van der Waals surface area contributed by atoms with Crippen LogP contribution >= 0.6 is 11.8 Å². The van der Waals surface area contributed by atoms with E-state index in [-0.39, 0.29) is 0 Å². The topological polar surface area (TPSA) is 44.3 Å². The maximum Gasteiger partial charge on any atom is 0.220 e. The van der Waals surface area contributed by atoms with E-state index in [1.165, 1.54) is 11.8 Å². The van der Waals surface area contributed by atoms with Crippen molar-refractivity contribution in [1.82, 2.24) is 10.6 Å². The lowest BCUT2D eigenvalue weighted by Gasteiger charge is -2.16. The van der Waals surface area contributed by atoms with Gasteiger partial charge in [-0.15, -0.1) is 0 Å². The van der Waals surface area contributed by atoms with Crippen molar-refractivity contribution in [3.8, 4) is 0 Å². The molecule has 0 spiro atoms. The van der Waals surface area contributed by atoms with Gasteiger partial charge in [-0.2, -0.15) is 0 Å². The SMILES string of the molecule is O[C]1NCNCS1. The predicted octanol–water partition coefficient (Wildman–Crippen LogP) is -0.353. The van der Waals surface area contributed by atoms with Crippen molar-refractivity contribution in [1.29, 1.82) is 0 Å². The average Bonchev–Trinajstić information content (AvgIpc) is 1.69. The van der Waals surface area contributed by atoms with E-state index in [4.69, 9.17) is 5.11 Å². The molecule has 0 unspecified atom stereocenters. The van der Waals surface area contributed by atoms with Gasteiger partial charge in [-0.25, -0.2) is 0 Å². The van der Waals surface area contributed by atoms with Gasteiger partial charge in [0.25, 0.3) is 0 Å². The van der Waals surface area contributed by atoms with Gasteiger partial charge in [0.2, 0.25) is 5.56 Å². The molecular weight excluding hydrogens is 112 g/mol. The molecule has 0 amide bonds. The molecule has 1 fully saturated rings. The monoisotopic (exact) mass is 119 g/mol. The second-order valence-corrected chi connectivity index (χ2v) is 2.16. The Morgan fingerprint density at radius 3 is 2.86 bits per heavy atom. The van der Waals surface area contributed by atoms with Gasteiger partial charge < -0.3 is 5.11 Å². The van der Waals surface area contributed by atoms with E-state index in [2.05, 4.69) is 10.6 Å². The van der Waals surface area contributed by atoms with Crippen LogP contribution in [-0.2, 0) is 0 Å². The summed E-state index contributed by atoms with van der Waals surface area (Å²) in [4.78, 5) is 0. The highest BCUT2D eigenvalue weighted by Gasteiger charge is 2.07. The van der Waals surface area contributed by atoms with Crippen molar-refractivity contribution < 1.29 is 5.11 Å².